The molecule has 90 valence electrons. The topological polar surface area (TPSA) is 29.5 Å². The lowest BCUT2D eigenvalue weighted by Gasteiger charge is -2.12. The van der Waals surface area contributed by atoms with Crippen molar-refractivity contribution in [2.75, 3.05) is 7.11 Å². The Bertz CT molecular complexity index is 465. The van der Waals surface area contributed by atoms with E-state index in [0.717, 1.165) is 12.8 Å². The second-order valence-corrected chi connectivity index (χ2v) is 4.34. The van der Waals surface area contributed by atoms with Crippen LogP contribution < -0.4 is 4.74 Å². The van der Waals surface area contributed by atoms with Crippen molar-refractivity contribution in [2.45, 2.75) is 31.3 Å². The minimum atomic E-state index is -0.879. The second-order valence-electron chi connectivity index (χ2n) is 4.34. The maximum absolute atomic E-state index is 13.4. The Morgan fingerprint density at radius 3 is 2.65 bits per heavy atom. The van der Waals surface area contributed by atoms with Crippen LogP contribution in [-0.4, -0.2) is 17.8 Å². The zero-order chi connectivity index (χ0) is 12.3. The highest BCUT2D eigenvalue weighted by atomic mass is 19.1. The van der Waals surface area contributed by atoms with Gasteiger partial charge in [0.15, 0.2) is 11.6 Å². The lowest BCUT2D eigenvalue weighted by molar-refractivity contribution is 0.110. The number of rotatable bonds is 1. The Labute approximate surface area is 100 Å². The molecule has 0 amide bonds. The molecule has 0 saturated heterocycles. The smallest absolute Gasteiger partial charge is 0.166 e. The van der Waals surface area contributed by atoms with Crippen molar-refractivity contribution in [3.8, 4) is 17.6 Å². The van der Waals surface area contributed by atoms with Crippen LogP contribution in [0.4, 0.5) is 4.39 Å². The van der Waals surface area contributed by atoms with Crippen LogP contribution in [0.2, 0.25) is 0 Å². The molecule has 1 aliphatic rings. The van der Waals surface area contributed by atoms with E-state index >= 15 is 0 Å². The number of ether oxygens (including phenoxy) is 1. The standard InChI is InChI=1S/C14H15FO2/c1-17-13-5-4-11(10-12(13)15)6-9-14(16)7-2-3-8-14/h4-5,10,16H,2-3,7-8H2,1H3. The van der Waals surface area contributed by atoms with Crippen molar-refractivity contribution in [2.24, 2.45) is 0 Å². The van der Waals surface area contributed by atoms with Crippen LogP contribution in [0, 0.1) is 17.7 Å². The Hall–Kier alpha value is -1.53. The molecule has 1 fully saturated rings. The van der Waals surface area contributed by atoms with E-state index in [0.29, 0.717) is 18.4 Å². The second kappa shape index (κ2) is 4.77. The summed E-state index contributed by atoms with van der Waals surface area (Å²) in [4.78, 5) is 0. The van der Waals surface area contributed by atoms with E-state index in [4.69, 9.17) is 4.74 Å². The number of halogens is 1. The average molecular weight is 234 g/mol. The lowest BCUT2D eigenvalue weighted by atomic mass is 10.0. The van der Waals surface area contributed by atoms with Crippen molar-refractivity contribution in [1.29, 1.82) is 0 Å². The number of benzene rings is 1. The van der Waals surface area contributed by atoms with Crippen LogP contribution in [-0.2, 0) is 0 Å². The van der Waals surface area contributed by atoms with Gasteiger partial charge in [0.2, 0.25) is 0 Å². The van der Waals surface area contributed by atoms with Gasteiger partial charge in [-0.3, -0.25) is 0 Å². The molecule has 2 nitrogen and oxygen atoms in total. The summed E-state index contributed by atoms with van der Waals surface area (Å²) >= 11 is 0. The summed E-state index contributed by atoms with van der Waals surface area (Å²) in [5.41, 5.74) is -0.320. The molecule has 1 aromatic rings. The summed E-state index contributed by atoms with van der Waals surface area (Å²) in [7, 11) is 1.42. The molecular formula is C14H15FO2. The number of aliphatic hydroxyl groups is 1. The molecule has 1 aromatic carbocycles. The van der Waals surface area contributed by atoms with E-state index in [1.165, 1.54) is 19.2 Å². The van der Waals surface area contributed by atoms with Gasteiger partial charge in [0.05, 0.1) is 7.11 Å². The van der Waals surface area contributed by atoms with E-state index in [-0.39, 0.29) is 5.75 Å². The molecule has 0 aliphatic heterocycles. The highest BCUT2D eigenvalue weighted by Gasteiger charge is 2.28. The normalized spacial score (nSPS) is 17.4. The molecular weight excluding hydrogens is 219 g/mol. The number of methoxy groups -OCH3 is 1. The third-order valence-corrected chi connectivity index (χ3v) is 3.02. The Morgan fingerprint density at radius 1 is 1.35 bits per heavy atom. The van der Waals surface area contributed by atoms with E-state index in [1.54, 1.807) is 6.07 Å². The summed E-state index contributed by atoms with van der Waals surface area (Å²) in [6, 6.07) is 4.55. The Morgan fingerprint density at radius 2 is 2.06 bits per heavy atom. The Balaban J connectivity index is 2.19. The molecule has 0 spiro atoms. The molecule has 1 N–H and O–H groups in total. The molecule has 0 radical (unpaired) electrons. The van der Waals surface area contributed by atoms with Gasteiger partial charge in [-0.15, -0.1) is 0 Å². The molecule has 0 unspecified atom stereocenters. The van der Waals surface area contributed by atoms with Gasteiger partial charge in [0, 0.05) is 5.56 Å². The van der Waals surface area contributed by atoms with E-state index in [1.807, 2.05) is 0 Å². The first-order valence-electron chi connectivity index (χ1n) is 5.72. The SMILES string of the molecule is COc1ccc(C#CC2(O)CCCC2)cc1F. The quantitative estimate of drug-likeness (QED) is 0.756. The van der Waals surface area contributed by atoms with Gasteiger partial charge in [0.25, 0.3) is 0 Å². The van der Waals surface area contributed by atoms with Crippen LogP contribution in [0.1, 0.15) is 31.2 Å². The van der Waals surface area contributed by atoms with Gasteiger partial charge in [-0.05, 0) is 43.9 Å². The molecule has 0 bridgehead atoms. The van der Waals surface area contributed by atoms with Crippen LogP contribution in [0.25, 0.3) is 0 Å². The largest absolute Gasteiger partial charge is 0.494 e. The van der Waals surface area contributed by atoms with E-state index in [9.17, 15) is 9.50 Å². The fourth-order valence-electron chi connectivity index (χ4n) is 2.02. The van der Waals surface area contributed by atoms with Crippen LogP contribution in [0.3, 0.4) is 0 Å². The first kappa shape index (κ1) is 11.9. The molecule has 1 aliphatic carbocycles. The summed E-state index contributed by atoms with van der Waals surface area (Å²) in [5.74, 6) is 5.43. The zero-order valence-corrected chi connectivity index (χ0v) is 9.79. The number of hydrogen-bond donors (Lipinski definition) is 1. The molecule has 0 aromatic heterocycles. The summed E-state index contributed by atoms with van der Waals surface area (Å²) < 4.78 is 18.2. The fraction of sp³-hybridized carbons (Fsp3) is 0.429. The van der Waals surface area contributed by atoms with Gasteiger partial charge in [-0.25, -0.2) is 4.39 Å². The van der Waals surface area contributed by atoms with E-state index in [2.05, 4.69) is 11.8 Å². The Kier molecular flexibility index (Phi) is 3.35. The monoisotopic (exact) mass is 234 g/mol. The van der Waals surface area contributed by atoms with Gasteiger partial charge < -0.3 is 9.84 Å². The zero-order valence-electron chi connectivity index (χ0n) is 9.79. The summed E-state index contributed by atoms with van der Waals surface area (Å²) in [6.07, 6.45) is 3.42. The van der Waals surface area contributed by atoms with Crippen LogP contribution in [0.15, 0.2) is 18.2 Å². The first-order chi connectivity index (χ1) is 8.13. The fourth-order valence-corrected chi connectivity index (χ4v) is 2.02. The van der Waals surface area contributed by atoms with Crippen molar-refractivity contribution >= 4 is 0 Å². The first-order valence-corrected chi connectivity index (χ1v) is 5.72. The predicted molar refractivity (Wildman–Crippen MR) is 63.2 cm³/mol. The van der Waals surface area contributed by atoms with Crippen molar-refractivity contribution in [1.82, 2.24) is 0 Å². The molecule has 0 heterocycles. The van der Waals surface area contributed by atoms with Gasteiger partial charge in [-0.2, -0.15) is 0 Å². The minimum absolute atomic E-state index is 0.204. The maximum Gasteiger partial charge on any atom is 0.166 e. The van der Waals surface area contributed by atoms with Gasteiger partial charge in [-0.1, -0.05) is 11.8 Å². The van der Waals surface area contributed by atoms with Gasteiger partial charge in [0.1, 0.15) is 5.60 Å². The van der Waals surface area contributed by atoms with Crippen LogP contribution >= 0.6 is 0 Å². The predicted octanol–water partition coefficient (Wildman–Crippen LogP) is 2.49. The minimum Gasteiger partial charge on any atom is -0.494 e. The van der Waals surface area contributed by atoms with Crippen LogP contribution in [0.5, 0.6) is 5.75 Å². The highest BCUT2D eigenvalue weighted by molar-refractivity contribution is 5.40. The molecule has 1 saturated carbocycles. The van der Waals surface area contributed by atoms with Crippen molar-refractivity contribution in [3.05, 3.63) is 29.6 Å². The summed E-state index contributed by atoms with van der Waals surface area (Å²) in [6.45, 7) is 0. The van der Waals surface area contributed by atoms with Crippen molar-refractivity contribution in [3.63, 3.8) is 0 Å². The lowest BCUT2D eigenvalue weighted by Crippen LogP contribution is -2.20. The van der Waals surface area contributed by atoms with Gasteiger partial charge >= 0.3 is 0 Å². The molecule has 0 atom stereocenters. The molecule has 17 heavy (non-hydrogen) atoms. The number of hydrogen-bond acceptors (Lipinski definition) is 2. The third kappa shape index (κ3) is 2.78. The highest BCUT2D eigenvalue weighted by Crippen LogP contribution is 2.28. The average Bonchev–Trinajstić information content (AvgIpc) is 2.74. The summed E-state index contributed by atoms with van der Waals surface area (Å²) in [5, 5.41) is 10.0. The van der Waals surface area contributed by atoms with Crippen molar-refractivity contribution < 1.29 is 14.2 Å². The third-order valence-electron chi connectivity index (χ3n) is 3.02. The maximum atomic E-state index is 13.4. The van der Waals surface area contributed by atoms with E-state index < -0.39 is 11.4 Å². The molecule has 2 rings (SSSR count). The molecule has 3 heteroatoms.